The molecule has 2 aliphatic heterocycles. The van der Waals surface area contributed by atoms with E-state index in [1.54, 1.807) is 7.11 Å². The number of methoxy groups -OCH3 is 1. The fraction of sp³-hybridized carbons (Fsp3) is 1.00. The molecule has 2 aliphatic rings. The molecule has 0 aromatic heterocycles. The predicted octanol–water partition coefficient (Wildman–Crippen LogP) is -0.647. The van der Waals surface area contributed by atoms with Crippen molar-refractivity contribution in [1.29, 1.82) is 0 Å². The number of nitrogens with one attached hydrogen (secondary N) is 2. The fourth-order valence-electron chi connectivity index (χ4n) is 1.72. The molecule has 13 heavy (non-hydrogen) atoms. The fourth-order valence-corrected chi connectivity index (χ4v) is 1.72. The molecule has 0 bridgehead atoms. The minimum atomic E-state index is -0.0599. The van der Waals surface area contributed by atoms with E-state index in [0.29, 0.717) is 6.04 Å². The summed E-state index contributed by atoms with van der Waals surface area (Å²) >= 11 is 0. The van der Waals surface area contributed by atoms with Gasteiger partial charge >= 0.3 is 0 Å². The number of hydrogen-bond donors (Lipinski definition) is 2. The topological polar surface area (TPSA) is 42.5 Å². The van der Waals surface area contributed by atoms with Crippen LogP contribution in [0.5, 0.6) is 0 Å². The Morgan fingerprint density at radius 2 is 2.46 bits per heavy atom. The molecule has 2 rings (SSSR count). The highest BCUT2D eigenvalue weighted by Crippen LogP contribution is 2.21. The van der Waals surface area contributed by atoms with Gasteiger partial charge in [0, 0.05) is 45.8 Å². The van der Waals surface area contributed by atoms with Gasteiger partial charge in [-0.25, -0.2) is 0 Å². The summed E-state index contributed by atoms with van der Waals surface area (Å²) < 4.78 is 10.9. The average molecular weight is 186 g/mol. The van der Waals surface area contributed by atoms with Crippen molar-refractivity contribution in [1.82, 2.24) is 10.6 Å². The van der Waals surface area contributed by atoms with E-state index in [4.69, 9.17) is 9.47 Å². The smallest absolute Gasteiger partial charge is 0.106 e. The van der Waals surface area contributed by atoms with Crippen molar-refractivity contribution in [3.63, 3.8) is 0 Å². The van der Waals surface area contributed by atoms with Crippen molar-refractivity contribution in [2.24, 2.45) is 0 Å². The molecule has 0 aromatic rings. The van der Waals surface area contributed by atoms with Gasteiger partial charge in [0.1, 0.15) is 5.60 Å². The van der Waals surface area contributed by atoms with Crippen molar-refractivity contribution < 1.29 is 9.47 Å². The van der Waals surface area contributed by atoms with E-state index in [-0.39, 0.29) is 5.60 Å². The highest BCUT2D eigenvalue weighted by Gasteiger charge is 2.35. The van der Waals surface area contributed by atoms with E-state index in [9.17, 15) is 0 Å². The summed E-state index contributed by atoms with van der Waals surface area (Å²) in [7, 11) is 1.77. The molecule has 2 fully saturated rings. The number of hydrogen-bond acceptors (Lipinski definition) is 4. The second-order valence-electron chi connectivity index (χ2n) is 3.93. The minimum absolute atomic E-state index is 0.0599. The first-order valence-corrected chi connectivity index (χ1v) is 4.92. The van der Waals surface area contributed by atoms with E-state index in [1.165, 1.54) is 0 Å². The van der Waals surface area contributed by atoms with Gasteiger partial charge in [-0.2, -0.15) is 0 Å². The zero-order chi connectivity index (χ0) is 9.15. The summed E-state index contributed by atoms with van der Waals surface area (Å²) in [6.07, 6.45) is 1.01. The second kappa shape index (κ2) is 3.92. The number of ether oxygens (including phenoxy) is 2. The van der Waals surface area contributed by atoms with Gasteiger partial charge in [-0.1, -0.05) is 0 Å². The molecular weight excluding hydrogens is 168 g/mol. The van der Waals surface area contributed by atoms with E-state index < -0.39 is 0 Å². The maximum atomic E-state index is 5.51. The maximum absolute atomic E-state index is 5.51. The quantitative estimate of drug-likeness (QED) is 0.612. The third-order valence-electron chi connectivity index (χ3n) is 2.99. The Bertz CT molecular complexity index is 165. The predicted molar refractivity (Wildman–Crippen MR) is 49.8 cm³/mol. The lowest BCUT2D eigenvalue weighted by Gasteiger charge is -2.33. The van der Waals surface area contributed by atoms with Gasteiger partial charge in [-0.05, 0) is 0 Å². The van der Waals surface area contributed by atoms with Gasteiger partial charge in [0.25, 0.3) is 0 Å². The van der Waals surface area contributed by atoms with Crippen LogP contribution in [-0.2, 0) is 9.47 Å². The van der Waals surface area contributed by atoms with Gasteiger partial charge in [0.05, 0.1) is 6.61 Å². The van der Waals surface area contributed by atoms with Crippen LogP contribution < -0.4 is 10.6 Å². The molecule has 0 saturated carbocycles. The largest absolute Gasteiger partial charge is 0.378 e. The summed E-state index contributed by atoms with van der Waals surface area (Å²) in [5.41, 5.74) is -0.0599. The van der Waals surface area contributed by atoms with E-state index in [1.807, 2.05) is 0 Å². The van der Waals surface area contributed by atoms with Crippen LogP contribution in [0.4, 0.5) is 0 Å². The van der Waals surface area contributed by atoms with Crippen molar-refractivity contribution >= 4 is 0 Å². The van der Waals surface area contributed by atoms with Crippen LogP contribution in [0, 0.1) is 0 Å². The monoisotopic (exact) mass is 186 g/mol. The van der Waals surface area contributed by atoms with Gasteiger partial charge in [-0.15, -0.1) is 0 Å². The third kappa shape index (κ3) is 2.02. The Hall–Kier alpha value is -0.160. The molecule has 2 saturated heterocycles. The zero-order valence-electron chi connectivity index (χ0n) is 8.14. The Kier molecular flexibility index (Phi) is 2.83. The second-order valence-corrected chi connectivity index (χ2v) is 3.93. The summed E-state index contributed by atoms with van der Waals surface area (Å²) in [5.74, 6) is 0. The Labute approximate surface area is 79.0 Å². The molecule has 2 N–H and O–H groups in total. The van der Waals surface area contributed by atoms with Gasteiger partial charge in [0.15, 0.2) is 0 Å². The molecule has 0 radical (unpaired) electrons. The summed E-state index contributed by atoms with van der Waals surface area (Å²) in [5, 5.41) is 6.72. The maximum Gasteiger partial charge on any atom is 0.106 e. The van der Waals surface area contributed by atoms with Gasteiger partial charge in [0.2, 0.25) is 0 Å². The van der Waals surface area contributed by atoms with Gasteiger partial charge in [-0.3, -0.25) is 0 Å². The van der Waals surface area contributed by atoms with Crippen LogP contribution in [0.3, 0.4) is 0 Å². The first-order valence-electron chi connectivity index (χ1n) is 4.92. The molecule has 4 heteroatoms. The molecule has 0 amide bonds. The zero-order valence-corrected chi connectivity index (χ0v) is 8.14. The van der Waals surface area contributed by atoms with Gasteiger partial charge < -0.3 is 20.1 Å². The van der Waals surface area contributed by atoms with Crippen LogP contribution in [0.25, 0.3) is 0 Å². The van der Waals surface area contributed by atoms with Crippen LogP contribution in [0.15, 0.2) is 0 Å². The van der Waals surface area contributed by atoms with Crippen LogP contribution >= 0.6 is 0 Å². The summed E-state index contributed by atoms with van der Waals surface area (Å²) in [6.45, 7) is 4.65. The molecule has 1 atom stereocenters. The Morgan fingerprint density at radius 3 is 2.92 bits per heavy atom. The third-order valence-corrected chi connectivity index (χ3v) is 2.99. The first-order chi connectivity index (χ1) is 6.35. The lowest BCUT2D eigenvalue weighted by Crippen LogP contribution is -2.58. The van der Waals surface area contributed by atoms with E-state index in [0.717, 1.165) is 39.3 Å². The van der Waals surface area contributed by atoms with Crippen molar-refractivity contribution in [2.45, 2.75) is 18.1 Å². The lowest BCUT2D eigenvalue weighted by atomic mass is 10.0. The standard InChI is InChI=1S/C9H18N2O2/c1-12-9(2-3-13-7-9)6-11-8-4-10-5-8/h8,10-11H,2-7H2,1H3. The van der Waals surface area contributed by atoms with Crippen molar-refractivity contribution in [3.05, 3.63) is 0 Å². The van der Waals surface area contributed by atoms with Crippen LogP contribution in [0.1, 0.15) is 6.42 Å². The summed E-state index contributed by atoms with van der Waals surface area (Å²) in [6, 6.07) is 0.632. The molecule has 0 spiro atoms. The Morgan fingerprint density at radius 1 is 1.62 bits per heavy atom. The normalized spacial score (nSPS) is 34.8. The SMILES string of the molecule is COC1(CNC2CNC2)CCOC1. The molecule has 0 aromatic carbocycles. The molecule has 2 heterocycles. The van der Waals surface area contributed by atoms with Crippen LogP contribution in [-0.4, -0.2) is 51.6 Å². The number of rotatable bonds is 4. The van der Waals surface area contributed by atoms with Crippen LogP contribution in [0.2, 0.25) is 0 Å². The highest BCUT2D eigenvalue weighted by atomic mass is 16.5. The Balaban J connectivity index is 1.75. The summed E-state index contributed by atoms with van der Waals surface area (Å²) in [4.78, 5) is 0. The molecule has 1 unspecified atom stereocenters. The molecule has 0 aliphatic carbocycles. The minimum Gasteiger partial charge on any atom is -0.378 e. The lowest BCUT2D eigenvalue weighted by molar-refractivity contribution is -0.0184. The molecule has 4 nitrogen and oxygen atoms in total. The first kappa shape index (κ1) is 9.40. The highest BCUT2D eigenvalue weighted by molar-refractivity contribution is 4.91. The molecule has 76 valence electrons. The van der Waals surface area contributed by atoms with E-state index >= 15 is 0 Å². The van der Waals surface area contributed by atoms with E-state index in [2.05, 4.69) is 10.6 Å². The average Bonchev–Trinajstić information content (AvgIpc) is 2.51. The van der Waals surface area contributed by atoms with Crippen molar-refractivity contribution in [2.75, 3.05) is 40.0 Å². The van der Waals surface area contributed by atoms with Crippen molar-refractivity contribution in [3.8, 4) is 0 Å². The molecular formula is C9H18N2O2.